The van der Waals surface area contributed by atoms with E-state index in [1.54, 1.807) is 0 Å². The summed E-state index contributed by atoms with van der Waals surface area (Å²) < 4.78 is 5.46. The van der Waals surface area contributed by atoms with Gasteiger partial charge in [0, 0.05) is 30.3 Å². The maximum atomic E-state index is 13.4. The molecule has 1 N–H and O–H groups in total. The summed E-state index contributed by atoms with van der Waals surface area (Å²) in [5.74, 6) is 2.19. The number of hydrogen-bond acceptors (Lipinski definition) is 4. The molecule has 4 heteroatoms. The quantitative estimate of drug-likeness (QED) is 0.552. The highest BCUT2D eigenvalue weighted by Gasteiger charge is 2.59. The second-order valence-electron chi connectivity index (χ2n) is 10.4. The molecule has 4 nitrogen and oxygen atoms in total. The standard InChI is InChI=1S/C24H35NO3/c1-23-7-5-18(26)14-17(23)3-4-19-20(23)6-8-24(2)21(19)13-16(22(24)27)15-25-9-11-28-12-10-25/h3,15,18-21,26H,4-14H2,1-2H3/b16-15+. The topological polar surface area (TPSA) is 49.8 Å². The van der Waals surface area contributed by atoms with E-state index in [2.05, 4.69) is 31.0 Å². The molecule has 0 spiro atoms. The van der Waals surface area contributed by atoms with E-state index in [9.17, 15) is 9.90 Å². The van der Waals surface area contributed by atoms with Gasteiger partial charge < -0.3 is 14.7 Å². The Labute approximate surface area is 169 Å². The maximum absolute atomic E-state index is 13.4. The van der Waals surface area contributed by atoms with Crippen LogP contribution >= 0.6 is 0 Å². The van der Waals surface area contributed by atoms with E-state index in [0.29, 0.717) is 23.5 Å². The van der Waals surface area contributed by atoms with Crippen LogP contribution in [0.5, 0.6) is 0 Å². The molecular weight excluding hydrogens is 350 g/mol. The van der Waals surface area contributed by atoms with Crippen molar-refractivity contribution in [1.82, 2.24) is 4.90 Å². The first-order chi connectivity index (χ1) is 13.4. The predicted octanol–water partition coefficient (Wildman–Crippen LogP) is 3.71. The Morgan fingerprint density at radius 2 is 1.86 bits per heavy atom. The van der Waals surface area contributed by atoms with Crippen molar-refractivity contribution in [2.75, 3.05) is 26.3 Å². The molecule has 1 saturated heterocycles. The first-order valence-electron chi connectivity index (χ1n) is 11.4. The van der Waals surface area contributed by atoms with Crippen LogP contribution in [0.15, 0.2) is 23.4 Å². The molecule has 154 valence electrons. The summed E-state index contributed by atoms with van der Waals surface area (Å²) in [7, 11) is 0. The largest absolute Gasteiger partial charge is 0.393 e. The SMILES string of the molecule is CC12CCC3C(CC=C4CC(O)CCC43C)C1C/C(=C\N1CCOCC1)C2=O. The van der Waals surface area contributed by atoms with Crippen molar-refractivity contribution in [3.8, 4) is 0 Å². The first kappa shape index (κ1) is 18.9. The molecule has 0 amide bonds. The number of aliphatic hydroxyl groups excluding tert-OH is 1. The molecule has 6 atom stereocenters. The molecule has 0 aromatic carbocycles. The molecule has 0 aromatic heterocycles. The molecule has 5 aliphatic rings. The molecule has 0 bridgehead atoms. The summed E-state index contributed by atoms with van der Waals surface area (Å²) >= 11 is 0. The predicted molar refractivity (Wildman–Crippen MR) is 109 cm³/mol. The van der Waals surface area contributed by atoms with Gasteiger partial charge in [-0.05, 0) is 68.1 Å². The van der Waals surface area contributed by atoms with Crippen LogP contribution in [0.4, 0.5) is 0 Å². The zero-order valence-corrected chi connectivity index (χ0v) is 17.5. The van der Waals surface area contributed by atoms with Crippen LogP contribution in [-0.2, 0) is 9.53 Å². The van der Waals surface area contributed by atoms with Gasteiger partial charge in [0.25, 0.3) is 0 Å². The molecule has 0 radical (unpaired) electrons. The van der Waals surface area contributed by atoms with E-state index < -0.39 is 0 Å². The highest BCUT2D eigenvalue weighted by molar-refractivity contribution is 6.02. The minimum atomic E-state index is -0.171. The number of ether oxygens (including phenoxy) is 1. The van der Waals surface area contributed by atoms with Crippen LogP contribution in [0.1, 0.15) is 58.8 Å². The molecule has 4 aliphatic carbocycles. The van der Waals surface area contributed by atoms with Crippen molar-refractivity contribution >= 4 is 5.78 Å². The van der Waals surface area contributed by atoms with E-state index in [0.717, 1.165) is 76.8 Å². The number of allylic oxidation sites excluding steroid dienone is 2. The number of hydrogen-bond donors (Lipinski definition) is 1. The van der Waals surface area contributed by atoms with Crippen molar-refractivity contribution in [1.29, 1.82) is 0 Å². The average molecular weight is 386 g/mol. The molecule has 6 unspecified atom stereocenters. The van der Waals surface area contributed by atoms with Gasteiger partial charge in [-0.2, -0.15) is 0 Å². The van der Waals surface area contributed by atoms with Crippen LogP contribution in [-0.4, -0.2) is 48.2 Å². The summed E-state index contributed by atoms with van der Waals surface area (Å²) in [6, 6.07) is 0. The van der Waals surface area contributed by atoms with E-state index >= 15 is 0 Å². The summed E-state index contributed by atoms with van der Waals surface area (Å²) in [4.78, 5) is 15.7. The maximum Gasteiger partial charge on any atom is 0.166 e. The molecule has 4 fully saturated rings. The third-order valence-electron chi connectivity index (χ3n) is 9.10. The molecule has 5 rings (SSSR count). The smallest absolute Gasteiger partial charge is 0.166 e. The molecular formula is C24H35NO3. The zero-order valence-electron chi connectivity index (χ0n) is 17.5. The number of fused-ring (bicyclic) bond motifs is 5. The second-order valence-corrected chi connectivity index (χ2v) is 10.4. The molecule has 3 saturated carbocycles. The summed E-state index contributed by atoms with van der Waals surface area (Å²) in [5, 5.41) is 10.2. The number of Topliss-reactive ketones (excluding diaryl/α,β-unsaturated/α-hetero) is 1. The van der Waals surface area contributed by atoms with Gasteiger partial charge in [0.1, 0.15) is 0 Å². The lowest BCUT2D eigenvalue weighted by atomic mass is 9.48. The van der Waals surface area contributed by atoms with Gasteiger partial charge in [0.2, 0.25) is 0 Å². The number of rotatable bonds is 1. The van der Waals surface area contributed by atoms with E-state index in [1.165, 1.54) is 5.57 Å². The summed E-state index contributed by atoms with van der Waals surface area (Å²) in [6.07, 6.45) is 11.6. The normalized spacial score (nSPS) is 47.4. The number of ketones is 1. The summed E-state index contributed by atoms with van der Waals surface area (Å²) in [6.45, 7) is 8.03. The minimum absolute atomic E-state index is 0.152. The van der Waals surface area contributed by atoms with E-state index in [-0.39, 0.29) is 16.9 Å². The van der Waals surface area contributed by atoms with Crippen LogP contribution in [0.2, 0.25) is 0 Å². The Morgan fingerprint density at radius 3 is 2.64 bits per heavy atom. The van der Waals surface area contributed by atoms with Crippen molar-refractivity contribution in [3.63, 3.8) is 0 Å². The summed E-state index contributed by atoms with van der Waals surface area (Å²) in [5.41, 5.74) is 2.64. The number of carbonyl (C=O) groups excluding carboxylic acids is 1. The minimum Gasteiger partial charge on any atom is -0.393 e. The second kappa shape index (κ2) is 6.70. The van der Waals surface area contributed by atoms with Gasteiger partial charge in [-0.25, -0.2) is 0 Å². The molecule has 1 heterocycles. The van der Waals surface area contributed by atoms with Crippen LogP contribution < -0.4 is 0 Å². The fraction of sp³-hybridized carbons (Fsp3) is 0.792. The third-order valence-corrected chi connectivity index (χ3v) is 9.10. The number of morpholine rings is 1. The highest BCUT2D eigenvalue weighted by Crippen LogP contribution is 2.64. The van der Waals surface area contributed by atoms with Gasteiger partial charge in [0.15, 0.2) is 5.78 Å². The Balaban J connectivity index is 1.43. The Morgan fingerprint density at radius 1 is 1.11 bits per heavy atom. The van der Waals surface area contributed by atoms with Gasteiger partial charge in [-0.15, -0.1) is 0 Å². The fourth-order valence-corrected chi connectivity index (χ4v) is 7.36. The lowest BCUT2D eigenvalue weighted by Crippen LogP contribution is -2.50. The first-order valence-corrected chi connectivity index (χ1v) is 11.4. The third kappa shape index (κ3) is 2.74. The van der Waals surface area contributed by atoms with Gasteiger partial charge >= 0.3 is 0 Å². The molecule has 0 aromatic rings. The average Bonchev–Trinajstić information content (AvgIpc) is 2.94. The zero-order chi connectivity index (χ0) is 19.5. The Bertz CT molecular complexity index is 721. The molecule has 28 heavy (non-hydrogen) atoms. The van der Waals surface area contributed by atoms with Crippen LogP contribution in [0.25, 0.3) is 0 Å². The van der Waals surface area contributed by atoms with Gasteiger partial charge in [-0.1, -0.05) is 25.5 Å². The number of nitrogens with zero attached hydrogens (tertiary/aromatic N) is 1. The van der Waals surface area contributed by atoms with Gasteiger partial charge in [0.05, 0.1) is 19.3 Å². The van der Waals surface area contributed by atoms with E-state index in [4.69, 9.17) is 4.74 Å². The lowest BCUT2D eigenvalue weighted by molar-refractivity contribution is -0.130. The van der Waals surface area contributed by atoms with E-state index in [1.807, 2.05) is 0 Å². The van der Waals surface area contributed by atoms with Crippen LogP contribution in [0.3, 0.4) is 0 Å². The number of carbonyl (C=O) groups is 1. The van der Waals surface area contributed by atoms with Crippen molar-refractivity contribution in [2.45, 2.75) is 64.9 Å². The Hall–Kier alpha value is -1.13. The van der Waals surface area contributed by atoms with Crippen molar-refractivity contribution < 1.29 is 14.6 Å². The van der Waals surface area contributed by atoms with Crippen molar-refractivity contribution in [3.05, 3.63) is 23.4 Å². The fourth-order valence-electron chi connectivity index (χ4n) is 7.36. The molecule has 1 aliphatic heterocycles. The number of aliphatic hydroxyl groups is 1. The van der Waals surface area contributed by atoms with Crippen LogP contribution in [0, 0.1) is 28.6 Å². The monoisotopic (exact) mass is 385 g/mol. The van der Waals surface area contributed by atoms with Crippen molar-refractivity contribution in [2.24, 2.45) is 28.6 Å². The highest BCUT2D eigenvalue weighted by atomic mass is 16.5. The Kier molecular flexibility index (Phi) is 4.52. The van der Waals surface area contributed by atoms with Gasteiger partial charge in [-0.3, -0.25) is 4.79 Å². The lowest BCUT2D eigenvalue weighted by Gasteiger charge is -2.56.